The molecule has 27 heavy (non-hydrogen) atoms. The van der Waals surface area contributed by atoms with Crippen LogP contribution >= 0.6 is 0 Å². The van der Waals surface area contributed by atoms with Crippen molar-refractivity contribution in [2.45, 2.75) is 56.9 Å². The van der Waals surface area contributed by atoms with Gasteiger partial charge in [0.05, 0.1) is 11.3 Å². The monoisotopic (exact) mass is 386 g/mol. The molecule has 3 rings (SSSR count). The van der Waals surface area contributed by atoms with Crippen LogP contribution in [0, 0.1) is 0 Å². The van der Waals surface area contributed by atoms with Crippen LogP contribution in [-0.2, 0) is 0 Å². The Hall–Kier alpha value is -1.47. The van der Waals surface area contributed by atoms with Crippen molar-refractivity contribution in [2.24, 2.45) is 0 Å². The van der Waals surface area contributed by atoms with E-state index in [-0.39, 0.29) is 11.7 Å². The zero-order valence-electron chi connectivity index (χ0n) is 16.1. The molecule has 152 valence electrons. The van der Waals surface area contributed by atoms with E-state index in [0.29, 0.717) is 31.6 Å². The molecule has 0 amide bonds. The first-order chi connectivity index (χ1) is 12.7. The molecular formula is C20H29F3N2O2. The molecule has 1 saturated heterocycles. The van der Waals surface area contributed by atoms with Crippen molar-refractivity contribution >= 4 is 5.69 Å². The molecule has 0 unspecified atom stereocenters. The predicted octanol–water partition coefficient (Wildman–Crippen LogP) is 4.14. The van der Waals surface area contributed by atoms with E-state index in [1.807, 2.05) is 24.9 Å². The highest BCUT2D eigenvalue weighted by Gasteiger charge is 2.39. The Labute approximate surface area is 158 Å². The molecule has 4 nitrogen and oxygen atoms in total. The van der Waals surface area contributed by atoms with Crippen LogP contribution in [0.5, 0.6) is 5.75 Å². The van der Waals surface area contributed by atoms with Crippen LogP contribution in [0.2, 0.25) is 0 Å². The predicted molar refractivity (Wildman–Crippen MR) is 99.3 cm³/mol. The Kier molecular flexibility index (Phi) is 5.91. The van der Waals surface area contributed by atoms with Crippen molar-refractivity contribution in [1.82, 2.24) is 4.90 Å². The molecule has 1 atom stereocenters. The Bertz CT molecular complexity index is 637. The summed E-state index contributed by atoms with van der Waals surface area (Å²) >= 11 is 0. The van der Waals surface area contributed by atoms with Gasteiger partial charge in [0, 0.05) is 32.1 Å². The van der Waals surface area contributed by atoms with Crippen molar-refractivity contribution < 1.29 is 23.0 Å². The lowest BCUT2D eigenvalue weighted by Crippen LogP contribution is -2.45. The highest BCUT2D eigenvalue weighted by Crippen LogP contribution is 2.46. The van der Waals surface area contributed by atoms with Crippen LogP contribution in [0.25, 0.3) is 0 Å². The summed E-state index contributed by atoms with van der Waals surface area (Å²) < 4.78 is 43.4. The minimum absolute atomic E-state index is 0.171. The van der Waals surface area contributed by atoms with Crippen LogP contribution in [0.3, 0.4) is 0 Å². The van der Waals surface area contributed by atoms with E-state index in [0.717, 1.165) is 37.9 Å². The number of ether oxygens (including phenoxy) is 1. The fourth-order valence-corrected chi connectivity index (χ4v) is 4.35. The number of alkyl halides is 3. The van der Waals surface area contributed by atoms with Gasteiger partial charge in [0.25, 0.3) is 0 Å². The van der Waals surface area contributed by atoms with Gasteiger partial charge < -0.3 is 19.6 Å². The number of nitrogens with zero attached hydrogens (tertiary/aromatic N) is 2. The third-order valence-corrected chi connectivity index (χ3v) is 6.07. The third-order valence-electron chi connectivity index (χ3n) is 6.07. The molecule has 0 spiro atoms. The lowest BCUT2D eigenvalue weighted by molar-refractivity contribution is -0.274. The standard InChI is InChI=1S/C20H29F3N2O2/c1-15(19(26)9-4-3-5-10-19)16-7-6-8-17(27-20(21,22)23)18(16)25-13-11-24(2)12-14-25/h6-8,15,26H,3-5,9-14H2,1-2H3/t15-/m1/s1. The molecule has 2 aliphatic rings. The smallest absolute Gasteiger partial charge is 0.404 e. The molecule has 7 heteroatoms. The van der Waals surface area contributed by atoms with Crippen LogP contribution in [-0.4, -0.2) is 55.2 Å². The van der Waals surface area contributed by atoms with Gasteiger partial charge in [-0.15, -0.1) is 13.2 Å². The van der Waals surface area contributed by atoms with E-state index in [1.165, 1.54) is 6.07 Å². The first kappa shape index (κ1) is 20.3. The third kappa shape index (κ3) is 4.69. The summed E-state index contributed by atoms with van der Waals surface area (Å²) in [6.07, 6.45) is -0.392. The van der Waals surface area contributed by atoms with Gasteiger partial charge in [-0.1, -0.05) is 38.3 Å². The highest BCUT2D eigenvalue weighted by molar-refractivity contribution is 5.66. The molecule has 1 N–H and O–H groups in total. The number of piperazine rings is 1. The van der Waals surface area contributed by atoms with Gasteiger partial charge >= 0.3 is 6.36 Å². The first-order valence-corrected chi connectivity index (χ1v) is 9.74. The average molecular weight is 386 g/mol. The number of hydrogen-bond donors (Lipinski definition) is 1. The second-order valence-electron chi connectivity index (χ2n) is 7.92. The minimum atomic E-state index is -4.75. The molecule has 1 aliphatic carbocycles. The Balaban J connectivity index is 2.00. The number of rotatable bonds is 4. The molecule has 0 radical (unpaired) electrons. The molecule has 1 heterocycles. The number of halogens is 3. The second-order valence-corrected chi connectivity index (χ2v) is 7.92. The van der Waals surface area contributed by atoms with E-state index in [1.54, 1.807) is 6.07 Å². The summed E-state index contributed by atoms with van der Waals surface area (Å²) in [5.41, 5.74) is 0.344. The van der Waals surface area contributed by atoms with Crippen LogP contribution in [0.1, 0.15) is 50.5 Å². The molecule has 1 aliphatic heterocycles. The number of likely N-dealkylation sites (N-methyl/N-ethyl adjacent to an activating group) is 1. The SMILES string of the molecule is C[C@H](c1cccc(OC(F)(F)F)c1N1CCN(C)CC1)C1(O)CCCCC1. The normalized spacial score (nSPS) is 22.5. The van der Waals surface area contributed by atoms with E-state index in [9.17, 15) is 18.3 Å². The quantitative estimate of drug-likeness (QED) is 0.844. The number of hydrogen-bond acceptors (Lipinski definition) is 4. The van der Waals surface area contributed by atoms with Gasteiger partial charge in [0.1, 0.15) is 0 Å². The van der Waals surface area contributed by atoms with Gasteiger partial charge in [0.2, 0.25) is 0 Å². The van der Waals surface area contributed by atoms with Crippen LogP contribution in [0.4, 0.5) is 18.9 Å². The lowest BCUT2D eigenvalue weighted by Gasteiger charge is -2.41. The molecule has 2 fully saturated rings. The maximum atomic E-state index is 13.0. The second kappa shape index (κ2) is 7.87. The molecule has 0 bridgehead atoms. The van der Waals surface area contributed by atoms with Crippen molar-refractivity contribution in [3.05, 3.63) is 23.8 Å². The average Bonchev–Trinajstić information content (AvgIpc) is 2.61. The summed E-state index contributed by atoms with van der Waals surface area (Å²) in [5, 5.41) is 11.2. The largest absolute Gasteiger partial charge is 0.573 e. The van der Waals surface area contributed by atoms with Crippen molar-refractivity contribution in [3.63, 3.8) is 0 Å². The zero-order chi connectivity index (χ0) is 19.7. The van der Waals surface area contributed by atoms with Crippen molar-refractivity contribution in [3.8, 4) is 5.75 Å². The summed E-state index contributed by atoms with van der Waals surface area (Å²) in [5.74, 6) is -0.431. The van der Waals surface area contributed by atoms with Crippen molar-refractivity contribution in [2.75, 3.05) is 38.1 Å². The Morgan fingerprint density at radius 2 is 1.70 bits per heavy atom. The molecule has 1 aromatic carbocycles. The summed E-state index contributed by atoms with van der Waals surface area (Å²) in [4.78, 5) is 4.13. The lowest BCUT2D eigenvalue weighted by atomic mass is 9.73. The van der Waals surface area contributed by atoms with E-state index >= 15 is 0 Å². The van der Waals surface area contributed by atoms with Crippen LogP contribution < -0.4 is 9.64 Å². The number of para-hydroxylation sites is 1. The topological polar surface area (TPSA) is 35.9 Å². The number of benzene rings is 1. The first-order valence-electron chi connectivity index (χ1n) is 9.74. The van der Waals surface area contributed by atoms with E-state index in [4.69, 9.17) is 0 Å². The minimum Gasteiger partial charge on any atom is -0.404 e. The van der Waals surface area contributed by atoms with Gasteiger partial charge in [-0.05, 0) is 31.5 Å². The van der Waals surface area contributed by atoms with Gasteiger partial charge in [0.15, 0.2) is 5.75 Å². The van der Waals surface area contributed by atoms with Crippen molar-refractivity contribution in [1.29, 1.82) is 0 Å². The molecule has 1 saturated carbocycles. The zero-order valence-corrected chi connectivity index (χ0v) is 16.1. The number of anilines is 1. The molecule has 1 aromatic rings. The van der Waals surface area contributed by atoms with Gasteiger partial charge in [-0.2, -0.15) is 0 Å². The maximum Gasteiger partial charge on any atom is 0.573 e. The molecular weight excluding hydrogens is 357 g/mol. The highest BCUT2D eigenvalue weighted by atomic mass is 19.4. The summed E-state index contributed by atoms with van der Waals surface area (Å²) in [6.45, 7) is 4.74. The fraction of sp³-hybridized carbons (Fsp3) is 0.700. The maximum absolute atomic E-state index is 13.0. The van der Waals surface area contributed by atoms with Crippen LogP contribution in [0.15, 0.2) is 18.2 Å². The molecule has 0 aromatic heterocycles. The summed E-state index contributed by atoms with van der Waals surface area (Å²) in [6, 6.07) is 4.81. The van der Waals surface area contributed by atoms with E-state index in [2.05, 4.69) is 9.64 Å². The van der Waals surface area contributed by atoms with Gasteiger partial charge in [-0.3, -0.25) is 0 Å². The number of aliphatic hydroxyl groups is 1. The van der Waals surface area contributed by atoms with E-state index < -0.39 is 12.0 Å². The Morgan fingerprint density at radius 1 is 1.07 bits per heavy atom. The van der Waals surface area contributed by atoms with Gasteiger partial charge in [-0.25, -0.2) is 0 Å². The summed E-state index contributed by atoms with van der Waals surface area (Å²) in [7, 11) is 2.00. The fourth-order valence-electron chi connectivity index (χ4n) is 4.35. The Morgan fingerprint density at radius 3 is 2.30 bits per heavy atom.